The molecule has 0 aliphatic carbocycles. The van der Waals surface area contributed by atoms with E-state index < -0.39 is 0 Å². The van der Waals surface area contributed by atoms with E-state index in [1.165, 1.54) is 0 Å². The Morgan fingerprint density at radius 3 is 2.60 bits per heavy atom. The van der Waals surface area contributed by atoms with Crippen molar-refractivity contribution in [1.29, 1.82) is 0 Å². The van der Waals surface area contributed by atoms with Gasteiger partial charge in [-0.1, -0.05) is 0 Å². The van der Waals surface area contributed by atoms with Crippen molar-refractivity contribution in [2.24, 2.45) is 0 Å². The monoisotopic (exact) mass is 206 g/mol. The van der Waals surface area contributed by atoms with E-state index in [1.54, 1.807) is 6.20 Å². The van der Waals surface area contributed by atoms with Gasteiger partial charge in [-0.05, 0) is 19.9 Å². The molecule has 2 heterocycles. The third-order valence-corrected chi connectivity index (χ3v) is 2.67. The fourth-order valence-corrected chi connectivity index (χ4v) is 2.16. The first-order chi connectivity index (χ1) is 7.15. The van der Waals surface area contributed by atoms with Crippen LogP contribution in [0.2, 0.25) is 0 Å². The maximum absolute atomic E-state index is 5.73. The highest BCUT2D eigenvalue weighted by atomic mass is 15.2. The highest BCUT2D eigenvalue weighted by Crippen LogP contribution is 2.18. The zero-order valence-corrected chi connectivity index (χ0v) is 9.27. The van der Waals surface area contributed by atoms with E-state index in [2.05, 4.69) is 29.0 Å². The summed E-state index contributed by atoms with van der Waals surface area (Å²) >= 11 is 0. The molecule has 3 N–H and O–H groups in total. The molecule has 2 atom stereocenters. The molecule has 4 heteroatoms. The summed E-state index contributed by atoms with van der Waals surface area (Å²) in [4.78, 5) is 6.45. The van der Waals surface area contributed by atoms with Crippen LogP contribution in [-0.4, -0.2) is 30.2 Å². The Kier molecular flexibility index (Phi) is 2.77. The van der Waals surface area contributed by atoms with Crippen molar-refractivity contribution < 1.29 is 0 Å². The Hall–Kier alpha value is -1.29. The smallest absolute Gasteiger partial charge is 0.0574 e. The number of hydrogen-bond donors (Lipinski definition) is 2. The number of pyridine rings is 1. The fraction of sp³-hybridized carbons (Fsp3) is 0.545. The van der Waals surface area contributed by atoms with E-state index in [4.69, 9.17) is 5.73 Å². The van der Waals surface area contributed by atoms with Crippen molar-refractivity contribution in [2.75, 3.05) is 23.7 Å². The minimum Gasteiger partial charge on any atom is -0.397 e. The summed E-state index contributed by atoms with van der Waals surface area (Å²) in [6.07, 6.45) is 3.56. The second kappa shape index (κ2) is 4.06. The van der Waals surface area contributed by atoms with Gasteiger partial charge in [0.1, 0.15) is 0 Å². The Morgan fingerprint density at radius 2 is 2.00 bits per heavy atom. The predicted molar refractivity (Wildman–Crippen MR) is 62.9 cm³/mol. The van der Waals surface area contributed by atoms with Crippen molar-refractivity contribution in [2.45, 2.75) is 25.9 Å². The van der Waals surface area contributed by atoms with Crippen LogP contribution in [0.4, 0.5) is 11.4 Å². The molecule has 0 bridgehead atoms. The van der Waals surface area contributed by atoms with Crippen molar-refractivity contribution in [3.63, 3.8) is 0 Å². The summed E-state index contributed by atoms with van der Waals surface area (Å²) in [5, 5.41) is 3.50. The topological polar surface area (TPSA) is 54.2 Å². The van der Waals surface area contributed by atoms with Crippen LogP contribution in [0.15, 0.2) is 18.5 Å². The van der Waals surface area contributed by atoms with Crippen molar-refractivity contribution in [1.82, 2.24) is 10.3 Å². The summed E-state index contributed by atoms with van der Waals surface area (Å²) in [6.45, 7) is 6.41. The molecule has 0 saturated carbocycles. The molecule has 1 saturated heterocycles. The van der Waals surface area contributed by atoms with E-state index in [0.29, 0.717) is 12.1 Å². The first-order valence-electron chi connectivity index (χ1n) is 5.36. The van der Waals surface area contributed by atoms with Crippen LogP contribution in [0, 0.1) is 0 Å². The van der Waals surface area contributed by atoms with E-state index in [-0.39, 0.29) is 0 Å². The summed E-state index contributed by atoms with van der Waals surface area (Å²) in [6, 6.07) is 3.00. The molecule has 1 aliphatic heterocycles. The SMILES string of the molecule is C[C@@H]1CN(c2cncc(N)c2)C[C@H](C)N1. The normalized spacial score (nSPS) is 26.7. The molecule has 1 aliphatic rings. The van der Waals surface area contributed by atoms with Gasteiger partial charge in [-0.25, -0.2) is 0 Å². The number of nitrogen functional groups attached to an aromatic ring is 1. The lowest BCUT2D eigenvalue weighted by Gasteiger charge is -2.37. The van der Waals surface area contributed by atoms with Crippen LogP contribution >= 0.6 is 0 Å². The average Bonchev–Trinajstić information content (AvgIpc) is 2.16. The van der Waals surface area contributed by atoms with Crippen molar-refractivity contribution >= 4 is 11.4 Å². The Balaban J connectivity index is 2.16. The standard InChI is InChI=1S/C11H18N4/c1-8-6-15(7-9(2)14-8)11-3-10(12)4-13-5-11/h3-5,8-9,14H,6-7,12H2,1-2H3/t8-,9+. The van der Waals surface area contributed by atoms with Gasteiger partial charge in [-0.3, -0.25) is 4.98 Å². The number of piperazine rings is 1. The maximum Gasteiger partial charge on any atom is 0.0574 e. The number of aromatic nitrogens is 1. The van der Waals surface area contributed by atoms with E-state index in [9.17, 15) is 0 Å². The van der Waals surface area contributed by atoms with Crippen LogP contribution in [0.1, 0.15) is 13.8 Å². The van der Waals surface area contributed by atoms with Gasteiger partial charge in [-0.2, -0.15) is 0 Å². The fourth-order valence-electron chi connectivity index (χ4n) is 2.16. The molecular weight excluding hydrogens is 188 g/mol. The molecular formula is C11H18N4. The molecule has 0 aromatic carbocycles. The summed E-state index contributed by atoms with van der Waals surface area (Å²) < 4.78 is 0. The summed E-state index contributed by atoms with van der Waals surface area (Å²) in [5.41, 5.74) is 7.58. The molecule has 15 heavy (non-hydrogen) atoms. The van der Waals surface area contributed by atoms with Gasteiger partial charge in [0.2, 0.25) is 0 Å². The predicted octanol–water partition coefficient (Wildman–Crippen LogP) is 0.850. The summed E-state index contributed by atoms with van der Waals surface area (Å²) in [7, 11) is 0. The lowest BCUT2D eigenvalue weighted by atomic mass is 10.1. The molecule has 2 rings (SSSR count). The molecule has 0 radical (unpaired) electrons. The molecule has 1 aromatic rings. The van der Waals surface area contributed by atoms with Crippen LogP contribution in [0.3, 0.4) is 0 Å². The lowest BCUT2D eigenvalue weighted by molar-refractivity contribution is 0.407. The van der Waals surface area contributed by atoms with Crippen LogP contribution in [-0.2, 0) is 0 Å². The minimum absolute atomic E-state index is 0.509. The van der Waals surface area contributed by atoms with Gasteiger partial charge in [0.25, 0.3) is 0 Å². The number of nitrogens with zero attached hydrogens (tertiary/aromatic N) is 2. The van der Waals surface area contributed by atoms with Crippen molar-refractivity contribution in [3.05, 3.63) is 18.5 Å². The lowest BCUT2D eigenvalue weighted by Crippen LogP contribution is -2.54. The van der Waals surface area contributed by atoms with Crippen LogP contribution < -0.4 is 16.0 Å². The minimum atomic E-state index is 0.509. The number of anilines is 2. The highest BCUT2D eigenvalue weighted by molar-refractivity contribution is 5.53. The van der Waals surface area contributed by atoms with Gasteiger partial charge in [0, 0.05) is 31.4 Å². The van der Waals surface area contributed by atoms with Crippen LogP contribution in [0.5, 0.6) is 0 Å². The largest absolute Gasteiger partial charge is 0.397 e. The number of rotatable bonds is 1. The average molecular weight is 206 g/mol. The molecule has 0 amide bonds. The molecule has 0 unspecified atom stereocenters. The Morgan fingerprint density at radius 1 is 1.33 bits per heavy atom. The van der Waals surface area contributed by atoms with Crippen molar-refractivity contribution in [3.8, 4) is 0 Å². The van der Waals surface area contributed by atoms with Gasteiger partial charge >= 0.3 is 0 Å². The third-order valence-electron chi connectivity index (χ3n) is 2.67. The third kappa shape index (κ3) is 2.39. The van der Waals surface area contributed by atoms with Gasteiger partial charge < -0.3 is 16.0 Å². The second-order valence-corrected chi connectivity index (χ2v) is 4.35. The number of nitrogens with two attached hydrogens (primary N) is 1. The van der Waals surface area contributed by atoms with E-state index in [1.807, 2.05) is 12.3 Å². The zero-order valence-electron chi connectivity index (χ0n) is 9.27. The Labute approximate surface area is 90.5 Å². The summed E-state index contributed by atoms with van der Waals surface area (Å²) in [5.74, 6) is 0. The first-order valence-corrected chi connectivity index (χ1v) is 5.36. The quantitative estimate of drug-likeness (QED) is 0.715. The van der Waals surface area contributed by atoms with E-state index >= 15 is 0 Å². The molecule has 4 nitrogen and oxygen atoms in total. The molecule has 0 spiro atoms. The molecule has 1 aromatic heterocycles. The first kappa shape index (κ1) is 10.2. The number of hydrogen-bond acceptors (Lipinski definition) is 4. The molecule has 1 fully saturated rings. The highest BCUT2D eigenvalue weighted by Gasteiger charge is 2.21. The molecule has 82 valence electrons. The Bertz CT molecular complexity index is 329. The number of nitrogens with one attached hydrogen (secondary N) is 1. The zero-order chi connectivity index (χ0) is 10.8. The second-order valence-electron chi connectivity index (χ2n) is 4.35. The van der Waals surface area contributed by atoms with Crippen LogP contribution in [0.25, 0.3) is 0 Å². The van der Waals surface area contributed by atoms with E-state index in [0.717, 1.165) is 24.5 Å². The van der Waals surface area contributed by atoms with Gasteiger partial charge in [0.05, 0.1) is 17.6 Å². The maximum atomic E-state index is 5.73. The van der Waals surface area contributed by atoms with Gasteiger partial charge in [0.15, 0.2) is 0 Å². The van der Waals surface area contributed by atoms with Gasteiger partial charge in [-0.15, -0.1) is 0 Å².